The Balaban J connectivity index is 1.93. The number of ether oxygens (including phenoxy) is 2. The monoisotopic (exact) mass is 395 g/mol. The van der Waals surface area contributed by atoms with Crippen LogP contribution in [0.4, 0.5) is 5.69 Å². The van der Waals surface area contributed by atoms with Crippen molar-refractivity contribution in [2.75, 3.05) is 18.5 Å². The Labute approximate surface area is 163 Å². The molecule has 0 unspecified atom stereocenters. The van der Waals surface area contributed by atoms with E-state index in [9.17, 15) is 13.2 Å². The minimum Gasteiger partial charge on any atom is -0.497 e. The molecule has 0 bridgehead atoms. The number of amides is 1. The largest absolute Gasteiger partial charge is 0.497 e. The molecule has 7 heteroatoms. The van der Waals surface area contributed by atoms with Gasteiger partial charge < -0.3 is 9.47 Å². The quantitative estimate of drug-likeness (QED) is 0.676. The van der Waals surface area contributed by atoms with Gasteiger partial charge in [0.25, 0.3) is 15.9 Å². The van der Waals surface area contributed by atoms with Gasteiger partial charge in [0.2, 0.25) is 0 Å². The van der Waals surface area contributed by atoms with E-state index in [1.165, 1.54) is 20.3 Å². The number of rotatable bonds is 3. The molecule has 28 heavy (non-hydrogen) atoms. The van der Waals surface area contributed by atoms with E-state index >= 15 is 0 Å². The van der Waals surface area contributed by atoms with Crippen molar-refractivity contribution in [3.63, 3.8) is 0 Å². The van der Waals surface area contributed by atoms with Crippen LogP contribution in [0.2, 0.25) is 0 Å². The number of hydrogen-bond acceptors (Lipinski definition) is 5. The molecule has 1 aliphatic heterocycles. The van der Waals surface area contributed by atoms with E-state index < -0.39 is 15.9 Å². The van der Waals surface area contributed by atoms with E-state index in [-0.39, 0.29) is 10.5 Å². The number of carbonyl (C=O) groups is 1. The maximum Gasteiger partial charge on any atom is 0.272 e. The first-order valence-electron chi connectivity index (χ1n) is 8.48. The topological polar surface area (TPSA) is 72.9 Å². The highest BCUT2D eigenvalue weighted by Gasteiger charge is 2.39. The third-order valence-corrected chi connectivity index (χ3v) is 6.39. The summed E-state index contributed by atoms with van der Waals surface area (Å²) < 4.78 is 37.9. The minimum absolute atomic E-state index is 0.0811. The van der Waals surface area contributed by atoms with Gasteiger partial charge in [-0.05, 0) is 48.5 Å². The summed E-state index contributed by atoms with van der Waals surface area (Å²) in [5, 5.41) is 0. The van der Waals surface area contributed by atoms with Gasteiger partial charge in [-0.15, -0.1) is 0 Å². The molecule has 1 heterocycles. The Morgan fingerprint density at radius 1 is 0.821 bits per heavy atom. The van der Waals surface area contributed by atoms with Gasteiger partial charge >= 0.3 is 0 Å². The van der Waals surface area contributed by atoms with Crippen molar-refractivity contribution in [3.05, 3.63) is 72.3 Å². The molecular weight excluding hydrogens is 378 g/mol. The number of carbonyl (C=O) groups excluding carboxylic acids is 1. The van der Waals surface area contributed by atoms with Crippen LogP contribution in [0.5, 0.6) is 11.5 Å². The molecule has 0 fully saturated rings. The normalized spacial score (nSPS) is 14.0. The summed E-state index contributed by atoms with van der Waals surface area (Å²) in [5.74, 6) is 0.516. The van der Waals surface area contributed by atoms with Crippen LogP contribution in [0.15, 0.2) is 71.6 Å². The van der Waals surface area contributed by atoms with Crippen LogP contribution in [-0.2, 0) is 10.0 Å². The fourth-order valence-electron chi connectivity index (χ4n) is 3.25. The maximum absolute atomic E-state index is 13.3. The third kappa shape index (κ3) is 2.71. The second-order valence-electron chi connectivity index (χ2n) is 6.18. The minimum atomic E-state index is -4.07. The summed E-state index contributed by atoms with van der Waals surface area (Å²) in [4.78, 5) is 13.3. The zero-order chi connectivity index (χ0) is 19.9. The Bertz CT molecular complexity index is 1170. The van der Waals surface area contributed by atoms with Crippen molar-refractivity contribution in [1.82, 2.24) is 0 Å². The summed E-state index contributed by atoms with van der Waals surface area (Å²) >= 11 is 0. The summed E-state index contributed by atoms with van der Waals surface area (Å²) in [6.07, 6.45) is 0. The van der Waals surface area contributed by atoms with Crippen LogP contribution in [0.1, 0.15) is 10.4 Å². The van der Waals surface area contributed by atoms with Gasteiger partial charge in [-0.25, -0.2) is 8.42 Å². The fourth-order valence-corrected chi connectivity index (χ4v) is 4.89. The Hall–Kier alpha value is -3.32. The van der Waals surface area contributed by atoms with Gasteiger partial charge in [-0.3, -0.25) is 4.79 Å². The average Bonchev–Trinajstić information content (AvgIpc) is 2.73. The molecule has 0 saturated heterocycles. The first-order valence-corrected chi connectivity index (χ1v) is 9.92. The van der Waals surface area contributed by atoms with Crippen LogP contribution in [-0.4, -0.2) is 28.5 Å². The van der Waals surface area contributed by atoms with Gasteiger partial charge in [0.15, 0.2) is 0 Å². The van der Waals surface area contributed by atoms with Crippen LogP contribution in [0.3, 0.4) is 0 Å². The molecule has 1 amide bonds. The van der Waals surface area contributed by atoms with E-state index in [0.717, 1.165) is 4.31 Å². The van der Waals surface area contributed by atoms with Gasteiger partial charge in [-0.1, -0.05) is 18.2 Å². The second-order valence-corrected chi connectivity index (χ2v) is 7.94. The van der Waals surface area contributed by atoms with E-state index in [2.05, 4.69) is 0 Å². The number of sulfonamides is 1. The zero-order valence-electron chi connectivity index (χ0n) is 15.2. The standard InChI is InChI=1S/C21H17NO5S/c1-26-15-9-7-14(8-10-15)21(23)22-19-12-11-16(27-2)13-18(19)17-5-3-4-6-20(17)28(22,24)25/h3-13H,1-2H3. The average molecular weight is 395 g/mol. The summed E-state index contributed by atoms with van der Waals surface area (Å²) in [6, 6.07) is 17.9. The summed E-state index contributed by atoms with van der Waals surface area (Å²) in [6.45, 7) is 0. The molecule has 0 saturated carbocycles. The Kier molecular flexibility index (Phi) is 4.31. The molecule has 6 nitrogen and oxygen atoms in total. The predicted octanol–water partition coefficient (Wildman–Crippen LogP) is 3.72. The van der Waals surface area contributed by atoms with Crippen molar-refractivity contribution >= 4 is 21.6 Å². The molecule has 0 atom stereocenters. The highest BCUT2D eigenvalue weighted by Crippen LogP contribution is 2.45. The summed E-state index contributed by atoms with van der Waals surface area (Å²) in [7, 11) is -1.01. The number of benzene rings is 3. The van der Waals surface area contributed by atoms with Crippen molar-refractivity contribution in [3.8, 4) is 22.6 Å². The van der Waals surface area contributed by atoms with Gasteiger partial charge in [-0.2, -0.15) is 4.31 Å². The maximum atomic E-state index is 13.3. The van der Waals surface area contributed by atoms with Crippen molar-refractivity contribution in [2.45, 2.75) is 4.90 Å². The molecule has 0 spiro atoms. The van der Waals surface area contributed by atoms with Crippen LogP contribution < -0.4 is 13.8 Å². The van der Waals surface area contributed by atoms with Gasteiger partial charge in [0.05, 0.1) is 24.8 Å². The van der Waals surface area contributed by atoms with Crippen LogP contribution in [0, 0.1) is 0 Å². The van der Waals surface area contributed by atoms with Gasteiger partial charge in [0, 0.05) is 16.7 Å². The first kappa shape index (κ1) is 18.1. The van der Waals surface area contributed by atoms with Crippen molar-refractivity contribution in [1.29, 1.82) is 0 Å². The highest BCUT2D eigenvalue weighted by molar-refractivity contribution is 7.93. The van der Waals surface area contributed by atoms with E-state index in [0.29, 0.717) is 28.3 Å². The molecule has 0 radical (unpaired) electrons. The predicted molar refractivity (Wildman–Crippen MR) is 105 cm³/mol. The number of nitrogens with zero attached hydrogens (tertiary/aromatic N) is 1. The van der Waals surface area contributed by atoms with Gasteiger partial charge in [0.1, 0.15) is 11.5 Å². The Morgan fingerprint density at radius 3 is 2.14 bits per heavy atom. The van der Waals surface area contributed by atoms with Crippen LogP contribution >= 0.6 is 0 Å². The molecule has 0 aliphatic carbocycles. The molecule has 0 aromatic heterocycles. The van der Waals surface area contributed by atoms with Crippen molar-refractivity contribution in [2.24, 2.45) is 0 Å². The van der Waals surface area contributed by atoms with E-state index in [1.807, 2.05) is 0 Å². The number of hydrogen-bond donors (Lipinski definition) is 0. The fraction of sp³-hybridized carbons (Fsp3) is 0.0952. The van der Waals surface area contributed by atoms with Crippen LogP contribution in [0.25, 0.3) is 11.1 Å². The molecule has 4 rings (SSSR count). The lowest BCUT2D eigenvalue weighted by Crippen LogP contribution is -2.39. The van der Waals surface area contributed by atoms with E-state index in [1.54, 1.807) is 60.7 Å². The number of anilines is 1. The molecule has 142 valence electrons. The lowest BCUT2D eigenvalue weighted by molar-refractivity contribution is 0.100. The molecule has 3 aromatic rings. The first-order chi connectivity index (χ1) is 13.5. The molecular formula is C21H17NO5S. The number of methoxy groups -OCH3 is 2. The highest BCUT2D eigenvalue weighted by atomic mass is 32.2. The zero-order valence-corrected chi connectivity index (χ0v) is 16.1. The van der Waals surface area contributed by atoms with E-state index in [4.69, 9.17) is 9.47 Å². The third-order valence-electron chi connectivity index (χ3n) is 4.64. The SMILES string of the molecule is COc1ccc(C(=O)N2c3ccc(OC)cc3-c3ccccc3S2(=O)=O)cc1. The molecule has 1 aliphatic rings. The smallest absolute Gasteiger partial charge is 0.272 e. The van der Waals surface area contributed by atoms with Crippen molar-refractivity contribution < 1.29 is 22.7 Å². The lowest BCUT2D eigenvalue weighted by atomic mass is 10.0. The molecule has 3 aromatic carbocycles. The summed E-state index contributed by atoms with van der Waals surface area (Å²) in [5.41, 5.74) is 1.69. The lowest BCUT2D eigenvalue weighted by Gasteiger charge is -2.30. The Morgan fingerprint density at radius 2 is 1.46 bits per heavy atom. The second kappa shape index (κ2) is 6.69. The molecule has 0 N–H and O–H groups in total. The number of fused-ring (bicyclic) bond motifs is 3.